The zero-order chi connectivity index (χ0) is 11.3. The van der Waals surface area contributed by atoms with Gasteiger partial charge in [0.1, 0.15) is 0 Å². The summed E-state index contributed by atoms with van der Waals surface area (Å²) in [6.07, 6.45) is 0.0428. The maximum Gasteiger partial charge on any atom is 0.237 e. The van der Waals surface area contributed by atoms with Crippen molar-refractivity contribution in [3.05, 3.63) is 29.0 Å². The van der Waals surface area contributed by atoms with Crippen LogP contribution in [-0.2, 0) is 4.79 Å². The molecule has 0 aliphatic carbocycles. The number of carbonyl (C=O) groups is 1. The Morgan fingerprint density at radius 2 is 2.33 bits per heavy atom. The Balaban J connectivity index is 2.54. The van der Waals surface area contributed by atoms with E-state index in [1.165, 1.54) is 18.2 Å². The third-order valence-corrected chi connectivity index (χ3v) is 1.95. The molecule has 1 amide bonds. The molecule has 0 heterocycles. The van der Waals surface area contributed by atoms with Crippen molar-refractivity contribution in [2.45, 2.75) is 6.42 Å². The van der Waals surface area contributed by atoms with Crippen LogP contribution in [0.3, 0.4) is 0 Å². The Morgan fingerprint density at radius 3 is 2.93 bits per heavy atom. The monoisotopic (exact) mass is 232 g/mol. The second-order valence-corrected chi connectivity index (χ2v) is 3.12. The molecule has 0 saturated carbocycles. The number of nitrogens with two attached hydrogens (primary N) is 1. The molecule has 4 nitrogen and oxygen atoms in total. The second-order valence-electron chi connectivity index (χ2n) is 2.72. The first-order valence-electron chi connectivity index (χ1n) is 4.21. The Morgan fingerprint density at radius 1 is 1.60 bits per heavy atom. The summed E-state index contributed by atoms with van der Waals surface area (Å²) in [5.41, 5.74) is 1.93. The number of hydrogen-bond acceptors (Lipinski definition) is 3. The van der Waals surface area contributed by atoms with Gasteiger partial charge < -0.3 is 4.74 Å². The Hall–Kier alpha value is -1.33. The van der Waals surface area contributed by atoms with E-state index < -0.39 is 5.82 Å². The van der Waals surface area contributed by atoms with Crippen molar-refractivity contribution in [2.75, 3.05) is 6.61 Å². The summed E-state index contributed by atoms with van der Waals surface area (Å²) in [7, 11) is 0. The molecule has 0 spiro atoms. The molecule has 0 atom stereocenters. The van der Waals surface area contributed by atoms with Gasteiger partial charge in [-0.1, -0.05) is 17.7 Å². The lowest BCUT2D eigenvalue weighted by molar-refractivity contribution is -0.121. The molecule has 6 heteroatoms. The topological polar surface area (TPSA) is 64.3 Å². The van der Waals surface area contributed by atoms with E-state index >= 15 is 0 Å². The van der Waals surface area contributed by atoms with Crippen molar-refractivity contribution >= 4 is 17.5 Å². The van der Waals surface area contributed by atoms with Gasteiger partial charge in [0.2, 0.25) is 5.91 Å². The average molecular weight is 233 g/mol. The molecule has 1 aromatic rings. The number of rotatable bonds is 4. The van der Waals surface area contributed by atoms with Crippen LogP contribution in [0, 0.1) is 5.82 Å². The number of benzene rings is 1. The lowest BCUT2D eigenvalue weighted by Crippen LogP contribution is -2.31. The van der Waals surface area contributed by atoms with E-state index in [4.69, 9.17) is 22.2 Å². The number of halogens is 2. The van der Waals surface area contributed by atoms with Gasteiger partial charge in [0.25, 0.3) is 0 Å². The molecular formula is C9H10ClFN2O2. The quantitative estimate of drug-likeness (QED) is 0.466. The summed E-state index contributed by atoms with van der Waals surface area (Å²) in [4.78, 5) is 10.7. The van der Waals surface area contributed by atoms with Gasteiger partial charge in [-0.25, -0.2) is 10.2 Å². The van der Waals surface area contributed by atoms with Crippen molar-refractivity contribution in [3.8, 4) is 5.75 Å². The molecule has 82 valence electrons. The summed E-state index contributed by atoms with van der Waals surface area (Å²) >= 11 is 5.69. The van der Waals surface area contributed by atoms with Crippen molar-refractivity contribution in [1.29, 1.82) is 0 Å². The van der Waals surface area contributed by atoms with Gasteiger partial charge in [-0.2, -0.15) is 0 Å². The summed E-state index contributed by atoms with van der Waals surface area (Å²) in [6, 6.07) is 4.20. The van der Waals surface area contributed by atoms with Crippen LogP contribution < -0.4 is 16.0 Å². The highest BCUT2D eigenvalue weighted by Crippen LogP contribution is 2.27. The SMILES string of the molecule is NNC(=O)CCOc1c(F)cccc1Cl. The predicted molar refractivity (Wildman–Crippen MR) is 53.9 cm³/mol. The number of carbonyl (C=O) groups excluding carboxylic acids is 1. The van der Waals surface area contributed by atoms with E-state index in [9.17, 15) is 9.18 Å². The molecular weight excluding hydrogens is 223 g/mol. The van der Waals surface area contributed by atoms with Gasteiger partial charge in [-0.05, 0) is 12.1 Å². The van der Waals surface area contributed by atoms with Gasteiger partial charge in [0.05, 0.1) is 18.1 Å². The van der Waals surface area contributed by atoms with Gasteiger partial charge in [0, 0.05) is 0 Å². The maximum atomic E-state index is 13.1. The van der Waals surface area contributed by atoms with Crippen LogP contribution in [0.2, 0.25) is 5.02 Å². The fourth-order valence-corrected chi connectivity index (χ4v) is 1.16. The maximum absolute atomic E-state index is 13.1. The van der Waals surface area contributed by atoms with Gasteiger partial charge in [-0.15, -0.1) is 0 Å². The van der Waals surface area contributed by atoms with E-state index in [0.29, 0.717) is 0 Å². The van der Waals surface area contributed by atoms with Crippen LogP contribution in [0.5, 0.6) is 5.75 Å². The summed E-state index contributed by atoms with van der Waals surface area (Å²) in [5, 5.41) is 0.170. The van der Waals surface area contributed by atoms with Crippen molar-refractivity contribution < 1.29 is 13.9 Å². The molecule has 15 heavy (non-hydrogen) atoms. The summed E-state index contributed by atoms with van der Waals surface area (Å²) in [6.45, 7) is 0.0175. The van der Waals surface area contributed by atoms with E-state index in [0.717, 1.165) is 0 Å². The predicted octanol–water partition coefficient (Wildman–Crippen LogP) is 1.24. The molecule has 1 aromatic carbocycles. The summed E-state index contributed by atoms with van der Waals surface area (Å²) < 4.78 is 18.1. The minimum absolute atomic E-state index is 0.0175. The number of ether oxygens (including phenoxy) is 1. The smallest absolute Gasteiger partial charge is 0.237 e. The number of para-hydroxylation sites is 1. The molecule has 0 aliphatic heterocycles. The number of hydrazine groups is 1. The normalized spacial score (nSPS) is 9.80. The number of nitrogens with one attached hydrogen (secondary N) is 1. The van der Waals surface area contributed by atoms with E-state index in [1.807, 2.05) is 5.43 Å². The molecule has 0 aromatic heterocycles. The van der Waals surface area contributed by atoms with Crippen molar-refractivity contribution in [1.82, 2.24) is 5.43 Å². The first kappa shape index (κ1) is 11.7. The highest BCUT2D eigenvalue weighted by molar-refractivity contribution is 6.32. The lowest BCUT2D eigenvalue weighted by Gasteiger charge is -2.07. The fraction of sp³-hybridized carbons (Fsp3) is 0.222. The first-order valence-corrected chi connectivity index (χ1v) is 4.59. The number of hydrogen-bond donors (Lipinski definition) is 2. The Bertz CT molecular complexity index is 340. The highest BCUT2D eigenvalue weighted by Gasteiger charge is 2.08. The second kappa shape index (κ2) is 5.53. The number of amides is 1. The summed E-state index contributed by atoms with van der Waals surface area (Å²) in [5.74, 6) is 3.86. The van der Waals surface area contributed by atoms with Crippen molar-refractivity contribution in [2.24, 2.45) is 5.84 Å². The Kier molecular flexibility index (Phi) is 4.33. The molecule has 0 radical (unpaired) electrons. The van der Waals surface area contributed by atoms with Crippen LogP contribution in [0.15, 0.2) is 18.2 Å². The molecule has 0 fully saturated rings. The van der Waals surface area contributed by atoms with Crippen LogP contribution in [0.1, 0.15) is 6.42 Å². The molecule has 3 N–H and O–H groups in total. The minimum atomic E-state index is -0.560. The van der Waals surface area contributed by atoms with Crippen LogP contribution >= 0.6 is 11.6 Å². The van der Waals surface area contributed by atoms with E-state index in [1.54, 1.807) is 0 Å². The van der Waals surface area contributed by atoms with Crippen molar-refractivity contribution in [3.63, 3.8) is 0 Å². The molecule has 0 bridgehead atoms. The minimum Gasteiger partial charge on any atom is -0.488 e. The van der Waals surface area contributed by atoms with Gasteiger partial charge >= 0.3 is 0 Å². The third kappa shape index (κ3) is 3.38. The molecule has 0 saturated heterocycles. The lowest BCUT2D eigenvalue weighted by atomic mass is 10.3. The van der Waals surface area contributed by atoms with E-state index in [2.05, 4.69) is 0 Å². The van der Waals surface area contributed by atoms with Gasteiger partial charge in [0.15, 0.2) is 11.6 Å². The van der Waals surface area contributed by atoms with Gasteiger partial charge in [-0.3, -0.25) is 10.2 Å². The van der Waals surface area contributed by atoms with Crippen LogP contribution in [-0.4, -0.2) is 12.5 Å². The van der Waals surface area contributed by atoms with Crippen LogP contribution in [0.4, 0.5) is 4.39 Å². The Labute approximate surface area is 91.1 Å². The highest BCUT2D eigenvalue weighted by atomic mass is 35.5. The first-order chi connectivity index (χ1) is 7.15. The molecule has 0 aliphatic rings. The zero-order valence-corrected chi connectivity index (χ0v) is 8.55. The zero-order valence-electron chi connectivity index (χ0n) is 7.80. The van der Waals surface area contributed by atoms with E-state index in [-0.39, 0.29) is 29.7 Å². The average Bonchev–Trinajstić information content (AvgIpc) is 2.22. The van der Waals surface area contributed by atoms with Crippen LogP contribution in [0.25, 0.3) is 0 Å². The standard InChI is InChI=1S/C9H10ClFN2O2/c10-6-2-1-3-7(11)9(6)15-5-4-8(14)13-12/h1-3H,4-5,12H2,(H,13,14). The fourth-order valence-electron chi connectivity index (χ4n) is 0.938. The third-order valence-electron chi connectivity index (χ3n) is 1.66. The largest absolute Gasteiger partial charge is 0.488 e. The molecule has 0 unspecified atom stereocenters. The molecule has 1 rings (SSSR count).